The molecule has 7 nitrogen and oxygen atoms in total. The van der Waals surface area contributed by atoms with Gasteiger partial charge in [0, 0.05) is 13.1 Å². The van der Waals surface area contributed by atoms with E-state index in [1.165, 1.54) is 30.5 Å². The molecular formula is C21H24N2O5S. The predicted molar refractivity (Wildman–Crippen MR) is 111 cm³/mol. The van der Waals surface area contributed by atoms with Crippen LogP contribution in [-0.4, -0.2) is 68.0 Å². The number of amides is 1. The molecule has 0 radical (unpaired) electrons. The topological polar surface area (TPSA) is 79.3 Å². The lowest BCUT2D eigenvalue weighted by Gasteiger charge is -2.28. The van der Waals surface area contributed by atoms with Gasteiger partial charge in [0.1, 0.15) is 0 Å². The average molecular weight is 416 g/mol. The monoisotopic (exact) mass is 416 g/mol. The molecule has 0 saturated heterocycles. The van der Waals surface area contributed by atoms with Gasteiger partial charge < -0.3 is 24.4 Å². The Labute approximate surface area is 173 Å². The highest BCUT2D eigenvalue weighted by molar-refractivity contribution is 7.12. The molecule has 2 aromatic rings. The smallest absolute Gasteiger partial charge is 0.290 e. The van der Waals surface area contributed by atoms with Crippen molar-refractivity contribution in [2.24, 2.45) is 0 Å². The van der Waals surface area contributed by atoms with E-state index in [4.69, 9.17) is 9.47 Å². The fourth-order valence-electron chi connectivity index (χ4n) is 3.33. The van der Waals surface area contributed by atoms with Crippen LogP contribution in [0.25, 0.3) is 0 Å². The Balaban J connectivity index is 2.10. The molecule has 29 heavy (non-hydrogen) atoms. The zero-order valence-corrected chi connectivity index (χ0v) is 17.7. The summed E-state index contributed by atoms with van der Waals surface area (Å²) in [5.41, 5.74) is 0.752. The van der Waals surface area contributed by atoms with Crippen molar-refractivity contribution in [1.82, 2.24) is 9.80 Å². The van der Waals surface area contributed by atoms with E-state index in [1.54, 1.807) is 35.7 Å². The summed E-state index contributed by atoms with van der Waals surface area (Å²) in [6.07, 6.45) is 0. The van der Waals surface area contributed by atoms with Crippen LogP contribution in [0.5, 0.6) is 11.5 Å². The predicted octanol–water partition coefficient (Wildman–Crippen LogP) is 2.91. The second-order valence-corrected chi connectivity index (χ2v) is 7.84. The number of carbonyl (C=O) groups is 2. The third-order valence-corrected chi connectivity index (χ3v) is 5.67. The molecule has 3 rings (SSSR count). The zero-order valence-electron chi connectivity index (χ0n) is 16.8. The van der Waals surface area contributed by atoms with E-state index in [1.807, 2.05) is 19.0 Å². The number of hydrogen-bond donors (Lipinski definition) is 1. The van der Waals surface area contributed by atoms with Crippen LogP contribution < -0.4 is 9.47 Å². The van der Waals surface area contributed by atoms with E-state index in [0.29, 0.717) is 35.0 Å². The van der Waals surface area contributed by atoms with E-state index in [2.05, 4.69) is 0 Å². The van der Waals surface area contributed by atoms with Crippen molar-refractivity contribution in [3.8, 4) is 11.5 Å². The number of carbonyl (C=O) groups excluding carboxylic acids is 2. The Hall–Kier alpha value is -2.84. The number of benzene rings is 1. The maximum absolute atomic E-state index is 13.2. The molecule has 0 spiro atoms. The van der Waals surface area contributed by atoms with Gasteiger partial charge in [0.25, 0.3) is 5.91 Å². The van der Waals surface area contributed by atoms with Gasteiger partial charge >= 0.3 is 0 Å². The molecule has 0 unspecified atom stereocenters. The first-order chi connectivity index (χ1) is 13.9. The van der Waals surface area contributed by atoms with Crippen LogP contribution in [0.2, 0.25) is 0 Å². The normalized spacial score (nSPS) is 16.7. The summed E-state index contributed by atoms with van der Waals surface area (Å²) in [5, 5.41) is 12.4. The van der Waals surface area contributed by atoms with Crippen LogP contribution in [0, 0.1) is 0 Å². The molecule has 1 N–H and O–H groups in total. The Morgan fingerprint density at radius 3 is 2.52 bits per heavy atom. The van der Waals surface area contributed by atoms with Crippen LogP contribution >= 0.6 is 11.3 Å². The number of ketones is 1. The lowest BCUT2D eigenvalue weighted by atomic mass is 9.95. The van der Waals surface area contributed by atoms with E-state index < -0.39 is 17.7 Å². The molecule has 1 amide bonds. The van der Waals surface area contributed by atoms with Crippen molar-refractivity contribution in [1.29, 1.82) is 0 Å². The number of ether oxygens (including phenoxy) is 2. The molecule has 1 aromatic carbocycles. The first-order valence-electron chi connectivity index (χ1n) is 9.08. The summed E-state index contributed by atoms with van der Waals surface area (Å²) in [6, 6.07) is 7.98. The number of rotatable bonds is 8. The molecule has 8 heteroatoms. The van der Waals surface area contributed by atoms with Gasteiger partial charge in [-0.25, -0.2) is 0 Å². The summed E-state index contributed by atoms with van der Waals surface area (Å²) in [6.45, 7) is 0.944. The van der Waals surface area contributed by atoms with E-state index >= 15 is 0 Å². The van der Waals surface area contributed by atoms with Gasteiger partial charge in [0.05, 0.1) is 30.7 Å². The molecule has 2 heterocycles. The summed E-state index contributed by atoms with van der Waals surface area (Å²) >= 11 is 1.27. The second kappa shape index (κ2) is 8.67. The van der Waals surface area contributed by atoms with Crippen molar-refractivity contribution in [3.63, 3.8) is 0 Å². The number of Topliss-reactive ketones (excluding diaryl/α,β-unsaturated/α-hetero) is 1. The van der Waals surface area contributed by atoms with Crippen molar-refractivity contribution in [3.05, 3.63) is 57.5 Å². The van der Waals surface area contributed by atoms with Crippen LogP contribution in [0.3, 0.4) is 0 Å². The van der Waals surface area contributed by atoms with E-state index in [-0.39, 0.29) is 11.4 Å². The van der Waals surface area contributed by atoms with E-state index in [0.717, 1.165) is 0 Å². The SMILES string of the molecule is COc1ccc([C@H]2C(C(=O)c3cccs3)=C(O)C(=O)N2CCN(C)C)cc1OC. The van der Waals surface area contributed by atoms with Gasteiger partial charge in [-0.15, -0.1) is 11.3 Å². The number of nitrogens with zero attached hydrogens (tertiary/aromatic N) is 2. The minimum atomic E-state index is -0.711. The molecule has 1 aliphatic heterocycles. The maximum atomic E-state index is 13.2. The molecule has 154 valence electrons. The minimum absolute atomic E-state index is 0.0865. The van der Waals surface area contributed by atoms with Crippen LogP contribution in [0.15, 0.2) is 47.0 Å². The van der Waals surface area contributed by atoms with Gasteiger partial charge in [0.15, 0.2) is 17.3 Å². The standard InChI is InChI=1S/C21H24N2O5S/c1-22(2)9-10-23-18(13-7-8-14(27-3)15(12-13)28-4)17(20(25)21(23)26)19(24)16-6-5-11-29-16/h5-8,11-12,18,25H,9-10H2,1-4H3/t18-/m0/s1. The summed E-state index contributed by atoms with van der Waals surface area (Å²) < 4.78 is 10.7. The number of thiophene rings is 1. The molecule has 0 saturated carbocycles. The lowest BCUT2D eigenvalue weighted by molar-refractivity contribution is -0.129. The molecule has 0 bridgehead atoms. The van der Waals surface area contributed by atoms with Gasteiger partial charge in [0.2, 0.25) is 5.78 Å². The third-order valence-electron chi connectivity index (χ3n) is 4.80. The minimum Gasteiger partial charge on any atom is -0.503 e. The highest BCUT2D eigenvalue weighted by atomic mass is 32.1. The fraction of sp³-hybridized carbons (Fsp3) is 0.333. The van der Waals surface area contributed by atoms with Crippen molar-refractivity contribution >= 4 is 23.0 Å². The summed E-state index contributed by atoms with van der Waals surface area (Å²) in [4.78, 5) is 30.0. The quantitative estimate of drug-likeness (QED) is 0.667. The highest BCUT2D eigenvalue weighted by Gasteiger charge is 2.44. The van der Waals surface area contributed by atoms with Gasteiger partial charge in [-0.05, 0) is 43.2 Å². The largest absolute Gasteiger partial charge is 0.503 e. The molecule has 0 aliphatic carbocycles. The first-order valence-corrected chi connectivity index (χ1v) is 9.96. The van der Waals surface area contributed by atoms with Crippen molar-refractivity contribution in [2.45, 2.75) is 6.04 Å². The van der Waals surface area contributed by atoms with Crippen molar-refractivity contribution < 1.29 is 24.2 Å². The number of likely N-dealkylation sites (N-methyl/N-ethyl adjacent to an activating group) is 1. The number of aliphatic hydroxyl groups excluding tert-OH is 1. The molecule has 0 fully saturated rings. The molecular weight excluding hydrogens is 392 g/mol. The molecule has 1 atom stereocenters. The Morgan fingerprint density at radius 2 is 1.93 bits per heavy atom. The highest BCUT2D eigenvalue weighted by Crippen LogP contribution is 2.41. The van der Waals surface area contributed by atoms with Gasteiger partial charge in [-0.2, -0.15) is 0 Å². The fourth-order valence-corrected chi connectivity index (χ4v) is 4.01. The number of methoxy groups -OCH3 is 2. The maximum Gasteiger partial charge on any atom is 0.290 e. The Bertz CT molecular complexity index is 937. The zero-order chi connectivity index (χ0) is 21.1. The summed E-state index contributed by atoms with van der Waals surface area (Å²) in [5.74, 6) is -0.370. The van der Waals surface area contributed by atoms with E-state index in [9.17, 15) is 14.7 Å². The van der Waals surface area contributed by atoms with Gasteiger partial charge in [-0.1, -0.05) is 12.1 Å². The Kier molecular flexibility index (Phi) is 6.24. The van der Waals surface area contributed by atoms with Crippen molar-refractivity contribution in [2.75, 3.05) is 41.4 Å². The Morgan fingerprint density at radius 1 is 1.21 bits per heavy atom. The number of aliphatic hydroxyl groups is 1. The second-order valence-electron chi connectivity index (χ2n) is 6.89. The lowest BCUT2D eigenvalue weighted by Crippen LogP contribution is -2.36. The average Bonchev–Trinajstić information content (AvgIpc) is 3.33. The molecule has 1 aromatic heterocycles. The third kappa shape index (κ3) is 3.99. The van der Waals surface area contributed by atoms with Crippen LogP contribution in [0.1, 0.15) is 21.3 Å². The molecule has 1 aliphatic rings. The summed E-state index contributed by atoms with van der Waals surface area (Å²) in [7, 11) is 6.86. The number of hydrogen-bond acceptors (Lipinski definition) is 7. The van der Waals surface area contributed by atoms with Crippen LogP contribution in [0.4, 0.5) is 0 Å². The van der Waals surface area contributed by atoms with Crippen LogP contribution in [-0.2, 0) is 4.79 Å². The first kappa shape index (κ1) is 20.9. The van der Waals surface area contributed by atoms with Gasteiger partial charge in [-0.3, -0.25) is 9.59 Å².